The van der Waals surface area contributed by atoms with Gasteiger partial charge in [0.05, 0.1) is 47.5 Å². The zero-order valence-corrected chi connectivity index (χ0v) is 25.2. The molecule has 6 rings (SSSR count). The van der Waals surface area contributed by atoms with E-state index in [1.165, 1.54) is 0 Å². The summed E-state index contributed by atoms with van der Waals surface area (Å²) >= 11 is 0. The Morgan fingerprint density at radius 1 is 0.628 bits per heavy atom. The van der Waals surface area contributed by atoms with Crippen LogP contribution in [0.2, 0.25) is 0 Å². The van der Waals surface area contributed by atoms with Crippen LogP contribution in [0.1, 0.15) is 68.9 Å². The van der Waals surface area contributed by atoms with Crippen LogP contribution in [0.25, 0.3) is 0 Å². The van der Waals surface area contributed by atoms with Crippen LogP contribution in [0.3, 0.4) is 0 Å². The molecule has 7 heteroatoms. The molecule has 1 aliphatic carbocycles. The van der Waals surface area contributed by atoms with E-state index in [0.717, 1.165) is 39.3 Å². The van der Waals surface area contributed by atoms with Crippen molar-refractivity contribution in [2.75, 3.05) is 35.5 Å². The van der Waals surface area contributed by atoms with E-state index < -0.39 is 5.92 Å². The lowest BCUT2D eigenvalue weighted by molar-refractivity contribution is 0.0930. The number of nitrogens with zero attached hydrogens (tertiary/aromatic N) is 1. The van der Waals surface area contributed by atoms with E-state index in [0.29, 0.717) is 28.6 Å². The minimum Gasteiger partial charge on any atom is -0.497 e. The van der Waals surface area contributed by atoms with Crippen molar-refractivity contribution < 1.29 is 28.5 Å². The van der Waals surface area contributed by atoms with Gasteiger partial charge in [-0.25, -0.2) is 0 Å². The van der Waals surface area contributed by atoms with Gasteiger partial charge in [0.15, 0.2) is 17.3 Å². The van der Waals surface area contributed by atoms with Crippen LogP contribution >= 0.6 is 0 Å². The Kier molecular flexibility index (Phi) is 7.57. The highest BCUT2D eigenvalue weighted by Gasteiger charge is 2.50. The van der Waals surface area contributed by atoms with E-state index >= 15 is 0 Å². The average Bonchev–Trinajstić information content (AvgIpc) is 3.06. The summed E-state index contributed by atoms with van der Waals surface area (Å²) in [6.45, 7) is 2.01. The van der Waals surface area contributed by atoms with Crippen molar-refractivity contribution in [3.8, 4) is 28.7 Å². The SMILES string of the molecule is COc1ccc([C@H]2C3c4cc(OC)cc(OC)c4C(C)=NC3c3cc(OC)c(OC)cc3[C@@H]2C(=O)c2ccccc2)cc1. The van der Waals surface area contributed by atoms with Crippen molar-refractivity contribution in [3.63, 3.8) is 0 Å². The molecule has 0 radical (unpaired) electrons. The lowest BCUT2D eigenvalue weighted by Gasteiger charge is -2.46. The van der Waals surface area contributed by atoms with Gasteiger partial charge >= 0.3 is 0 Å². The van der Waals surface area contributed by atoms with Gasteiger partial charge in [-0.3, -0.25) is 9.79 Å². The summed E-state index contributed by atoms with van der Waals surface area (Å²) in [4.78, 5) is 20.1. The molecule has 2 aliphatic rings. The molecule has 0 bridgehead atoms. The third-order valence-electron chi connectivity index (χ3n) is 8.79. The average molecular weight is 578 g/mol. The number of ketones is 1. The zero-order valence-electron chi connectivity index (χ0n) is 25.2. The molecule has 0 amide bonds. The fourth-order valence-corrected chi connectivity index (χ4v) is 6.86. The number of ether oxygens (including phenoxy) is 5. The van der Waals surface area contributed by atoms with E-state index in [1.807, 2.05) is 67.6 Å². The van der Waals surface area contributed by atoms with Gasteiger partial charge in [-0.2, -0.15) is 0 Å². The lowest BCUT2D eigenvalue weighted by Crippen LogP contribution is -2.36. The van der Waals surface area contributed by atoms with Crippen molar-refractivity contribution in [1.29, 1.82) is 0 Å². The first-order chi connectivity index (χ1) is 20.9. The van der Waals surface area contributed by atoms with Crippen LogP contribution in [0.15, 0.2) is 83.9 Å². The number of carbonyl (C=O) groups is 1. The molecule has 220 valence electrons. The Balaban J connectivity index is 1.71. The summed E-state index contributed by atoms with van der Waals surface area (Å²) < 4.78 is 28.6. The quantitative estimate of drug-likeness (QED) is 0.207. The highest BCUT2D eigenvalue weighted by atomic mass is 16.5. The predicted molar refractivity (Wildman–Crippen MR) is 166 cm³/mol. The Morgan fingerprint density at radius 3 is 1.86 bits per heavy atom. The maximum Gasteiger partial charge on any atom is 0.170 e. The zero-order chi connectivity index (χ0) is 30.2. The van der Waals surface area contributed by atoms with Crippen LogP contribution in [0, 0.1) is 0 Å². The number of Topliss-reactive ketones (excluding diaryl/α,β-unsaturated/α-hetero) is 1. The van der Waals surface area contributed by atoms with Crippen molar-refractivity contribution >= 4 is 11.5 Å². The normalized spacial score (nSPS) is 20.1. The Morgan fingerprint density at radius 2 is 1.26 bits per heavy atom. The molecule has 0 spiro atoms. The van der Waals surface area contributed by atoms with Gasteiger partial charge in [0.1, 0.15) is 17.2 Å². The van der Waals surface area contributed by atoms with Crippen LogP contribution in [0.5, 0.6) is 28.7 Å². The van der Waals surface area contributed by atoms with Crippen molar-refractivity contribution in [2.24, 2.45) is 4.99 Å². The Hall–Kier alpha value is -4.78. The molecule has 4 aromatic carbocycles. The third-order valence-corrected chi connectivity index (χ3v) is 8.79. The molecule has 7 nitrogen and oxygen atoms in total. The summed E-state index contributed by atoms with van der Waals surface area (Å²) in [5.41, 5.74) is 6.28. The molecule has 2 unspecified atom stereocenters. The molecular weight excluding hydrogens is 542 g/mol. The number of carbonyl (C=O) groups excluding carboxylic acids is 1. The van der Waals surface area contributed by atoms with Gasteiger partial charge in [0.2, 0.25) is 0 Å². The van der Waals surface area contributed by atoms with Gasteiger partial charge in [-0.05, 0) is 59.5 Å². The fourth-order valence-electron chi connectivity index (χ4n) is 6.86. The maximum atomic E-state index is 14.7. The highest BCUT2D eigenvalue weighted by molar-refractivity contribution is 6.05. The molecule has 1 aliphatic heterocycles. The van der Waals surface area contributed by atoms with E-state index in [2.05, 4.69) is 18.2 Å². The number of hydrogen-bond donors (Lipinski definition) is 0. The van der Waals surface area contributed by atoms with Gasteiger partial charge < -0.3 is 23.7 Å². The first kappa shape index (κ1) is 28.3. The van der Waals surface area contributed by atoms with E-state index in [4.69, 9.17) is 28.7 Å². The highest BCUT2D eigenvalue weighted by Crippen LogP contribution is 2.61. The fraction of sp³-hybridized carbons (Fsp3) is 0.278. The second kappa shape index (κ2) is 11.5. The minimum absolute atomic E-state index is 0.0241. The summed E-state index contributed by atoms with van der Waals surface area (Å²) in [7, 11) is 8.19. The van der Waals surface area contributed by atoms with Gasteiger partial charge in [0.25, 0.3) is 0 Å². The van der Waals surface area contributed by atoms with Gasteiger partial charge in [0, 0.05) is 34.7 Å². The summed E-state index contributed by atoms with van der Waals surface area (Å²) in [6, 6.07) is 25.1. The number of benzene rings is 4. The molecule has 43 heavy (non-hydrogen) atoms. The molecule has 4 atom stereocenters. The summed E-state index contributed by atoms with van der Waals surface area (Å²) in [5, 5.41) is 0. The Bertz CT molecular complexity index is 1700. The molecule has 1 heterocycles. The standard InChI is InChI=1S/C36H35NO6/c1-20-31-27(16-24(40-3)17-30(31)43-6)33-32(21-12-14-23(39-2)15-13-21)34(36(38)22-10-8-7-9-11-22)25-18-28(41-4)29(42-5)19-26(25)35(33)37-20/h7-19,32-35H,1-6H3/t32-,33?,34-,35?/m0/s1. The first-order valence-corrected chi connectivity index (χ1v) is 14.2. The number of fused-ring (bicyclic) bond motifs is 5. The lowest BCUT2D eigenvalue weighted by atomic mass is 9.59. The second-order valence-electron chi connectivity index (χ2n) is 10.8. The molecule has 4 aromatic rings. The number of hydrogen-bond acceptors (Lipinski definition) is 7. The van der Waals surface area contributed by atoms with Crippen LogP contribution in [0.4, 0.5) is 0 Å². The van der Waals surface area contributed by atoms with Crippen LogP contribution in [-0.2, 0) is 0 Å². The van der Waals surface area contributed by atoms with Crippen molar-refractivity contribution in [2.45, 2.75) is 30.7 Å². The monoisotopic (exact) mass is 577 g/mol. The van der Waals surface area contributed by atoms with Crippen molar-refractivity contribution in [3.05, 3.63) is 112 Å². The van der Waals surface area contributed by atoms with Gasteiger partial charge in [-0.1, -0.05) is 42.5 Å². The second-order valence-corrected chi connectivity index (χ2v) is 10.8. The number of rotatable bonds is 8. The molecule has 0 saturated heterocycles. The van der Waals surface area contributed by atoms with E-state index in [9.17, 15) is 4.79 Å². The predicted octanol–water partition coefficient (Wildman–Crippen LogP) is 7.14. The smallest absolute Gasteiger partial charge is 0.170 e. The summed E-state index contributed by atoms with van der Waals surface area (Å²) in [6.07, 6.45) is 0. The molecule has 0 saturated carbocycles. The molecule has 0 N–H and O–H groups in total. The minimum atomic E-state index is -0.550. The first-order valence-electron chi connectivity index (χ1n) is 14.2. The van der Waals surface area contributed by atoms with Crippen molar-refractivity contribution in [1.82, 2.24) is 0 Å². The largest absolute Gasteiger partial charge is 0.497 e. The maximum absolute atomic E-state index is 14.7. The Labute approximate surface area is 252 Å². The van der Waals surface area contributed by atoms with Crippen LogP contribution < -0.4 is 23.7 Å². The molecule has 0 fully saturated rings. The molecular formula is C36H35NO6. The summed E-state index contributed by atoms with van der Waals surface area (Å²) in [5.74, 6) is 2.24. The third kappa shape index (κ3) is 4.69. The molecule has 0 aromatic heterocycles. The van der Waals surface area contributed by atoms with E-state index in [1.54, 1.807) is 35.5 Å². The topological polar surface area (TPSA) is 75.6 Å². The van der Waals surface area contributed by atoms with Crippen LogP contribution in [-0.4, -0.2) is 47.0 Å². The number of aliphatic imine (C=N–C) groups is 1. The van der Waals surface area contributed by atoms with Gasteiger partial charge in [-0.15, -0.1) is 0 Å². The van der Waals surface area contributed by atoms with E-state index in [-0.39, 0.29) is 23.7 Å². The number of methoxy groups -OCH3 is 5.